The summed E-state index contributed by atoms with van der Waals surface area (Å²) in [4.78, 5) is 0. The maximum atomic E-state index is 6.18. The number of ether oxygens (including phenoxy) is 2. The number of rotatable bonds is 7. The van der Waals surface area contributed by atoms with E-state index < -0.39 is 0 Å². The van der Waals surface area contributed by atoms with Crippen LogP contribution in [0.4, 0.5) is 11.4 Å². The van der Waals surface area contributed by atoms with Crippen molar-refractivity contribution in [1.29, 1.82) is 0 Å². The molecule has 0 saturated carbocycles. The van der Waals surface area contributed by atoms with Crippen molar-refractivity contribution in [3.8, 4) is 11.5 Å². The van der Waals surface area contributed by atoms with Gasteiger partial charge in [-0.05, 0) is 48.8 Å². The Morgan fingerprint density at radius 2 is 1.72 bits per heavy atom. The smallest absolute Gasteiger partial charge is 0.175 e. The summed E-state index contributed by atoms with van der Waals surface area (Å²) in [6, 6.07) is 11.7. The maximum Gasteiger partial charge on any atom is 0.175 e. The number of unbranched alkanes of at least 4 members (excludes halogenated alkanes) is 1. The van der Waals surface area contributed by atoms with Gasteiger partial charge in [-0.15, -0.1) is 0 Å². The third kappa shape index (κ3) is 5.51. The lowest BCUT2D eigenvalue weighted by Crippen LogP contribution is -2.19. The number of thiocarbonyl (C=S) groups is 1. The molecule has 0 heterocycles. The van der Waals surface area contributed by atoms with Crippen LogP contribution in [0.3, 0.4) is 0 Å². The summed E-state index contributed by atoms with van der Waals surface area (Å²) in [5.41, 5.74) is 2.93. The molecule has 0 aliphatic heterocycles. The normalized spacial score (nSPS) is 10.2. The molecule has 0 amide bonds. The molecule has 0 atom stereocenters. The van der Waals surface area contributed by atoms with Crippen LogP contribution in [-0.2, 0) is 6.42 Å². The van der Waals surface area contributed by atoms with Gasteiger partial charge in [-0.25, -0.2) is 0 Å². The molecule has 4 nitrogen and oxygen atoms in total. The molecule has 6 heteroatoms. The van der Waals surface area contributed by atoms with E-state index in [9.17, 15) is 0 Å². The van der Waals surface area contributed by atoms with Crippen molar-refractivity contribution in [3.05, 3.63) is 47.0 Å². The zero-order valence-corrected chi connectivity index (χ0v) is 16.3. The molecule has 0 saturated heterocycles. The van der Waals surface area contributed by atoms with E-state index in [0.29, 0.717) is 27.3 Å². The molecule has 2 aromatic carbocycles. The zero-order chi connectivity index (χ0) is 18.2. The van der Waals surface area contributed by atoms with Gasteiger partial charge in [-0.2, -0.15) is 0 Å². The van der Waals surface area contributed by atoms with Gasteiger partial charge >= 0.3 is 0 Å². The van der Waals surface area contributed by atoms with E-state index in [0.717, 1.165) is 12.1 Å². The van der Waals surface area contributed by atoms with Gasteiger partial charge in [0.2, 0.25) is 0 Å². The molecular formula is C19H23ClN2O2S. The van der Waals surface area contributed by atoms with Crippen molar-refractivity contribution in [3.63, 3.8) is 0 Å². The lowest BCUT2D eigenvalue weighted by atomic mass is 10.1. The van der Waals surface area contributed by atoms with E-state index in [-0.39, 0.29) is 0 Å². The van der Waals surface area contributed by atoms with Crippen LogP contribution >= 0.6 is 23.8 Å². The van der Waals surface area contributed by atoms with E-state index in [4.69, 9.17) is 33.3 Å². The maximum absolute atomic E-state index is 6.18. The number of hydrogen-bond acceptors (Lipinski definition) is 3. The average Bonchev–Trinajstić information content (AvgIpc) is 2.61. The number of anilines is 2. The quantitative estimate of drug-likeness (QED) is 0.622. The monoisotopic (exact) mass is 378 g/mol. The summed E-state index contributed by atoms with van der Waals surface area (Å²) in [6.07, 6.45) is 3.49. The predicted molar refractivity (Wildman–Crippen MR) is 109 cm³/mol. The van der Waals surface area contributed by atoms with Crippen LogP contribution in [0, 0.1) is 0 Å². The molecule has 25 heavy (non-hydrogen) atoms. The molecule has 0 unspecified atom stereocenters. The summed E-state index contributed by atoms with van der Waals surface area (Å²) in [5, 5.41) is 7.21. The fraction of sp³-hybridized carbons (Fsp3) is 0.316. The highest BCUT2D eigenvalue weighted by Crippen LogP contribution is 2.35. The lowest BCUT2D eigenvalue weighted by molar-refractivity contribution is 0.396. The Bertz CT molecular complexity index is 720. The fourth-order valence-electron chi connectivity index (χ4n) is 2.38. The van der Waals surface area contributed by atoms with Gasteiger partial charge in [-0.3, -0.25) is 0 Å². The van der Waals surface area contributed by atoms with Gasteiger partial charge in [0.15, 0.2) is 5.11 Å². The molecule has 0 bridgehead atoms. The largest absolute Gasteiger partial charge is 0.495 e. The molecular weight excluding hydrogens is 356 g/mol. The Morgan fingerprint density at radius 3 is 2.32 bits per heavy atom. The van der Waals surface area contributed by atoms with Crippen molar-refractivity contribution >= 4 is 40.3 Å². The summed E-state index contributed by atoms with van der Waals surface area (Å²) in [7, 11) is 3.14. The second kappa shape index (κ2) is 9.49. The first-order valence-corrected chi connectivity index (χ1v) is 8.94. The van der Waals surface area contributed by atoms with Gasteiger partial charge in [0.25, 0.3) is 0 Å². The second-order valence-corrected chi connectivity index (χ2v) is 6.38. The molecule has 0 fully saturated rings. The topological polar surface area (TPSA) is 42.5 Å². The highest BCUT2D eigenvalue weighted by atomic mass is 35.5. The van der Waals surface area contributed by atoms with Gasteiger partial charge < -0.3 is 20.1 Å². The predicted octanol–water partition coefficient (Wildman–Crippen LogP) is 5.51. The van der Waals surface area contributed by atoms with Crippen LogP contribution in [0.5, 0.6) is 11.5 Å². The average molecular weight is 379 g/mol. The third-order valence-electron chi connectivity index (χ3n) is 3.75. The molecule has 0 aliphatic rings. The minimum Gasteiger partial charge on any atom is -0.495 e. The first-order valence-electron chi connectivity index (χ1n) is 8.15. The molecule has 0 aromatic heterocycles. The second-order valence-electron chi connectivity index (χ2n) is 5.57. The molecule has 0 aliphatic carbocycles. The fourth-order valence-corrected chi connectivity index (χ4v) is 2.85. The Balaban J connectivity index is 2.03. The lowest BCUT2D eigenvalue weighted by Gasteiger charge is -2.15. The van der Waals surface area contributed by atoms with Gasteiger partial charge in [0.05, 0.1) is 24.9 Å². The van der Waals surface area contributed by atoms with Gasteiger partial charge in [-0.1, -0.05) is 37.1 Å². The standard InChI is InChI=1S/C19H23ClN2O2S/c1-4-5-6-13-7-9-14(10-8-13)21-19(25)22-16-11-15(20)17(23-2)12-18(16)24-3/h7-12H,4-6H2,1-3H3,(H2,21,22,25). The van der Waals surface area contributed by atoms with Crippen LogP contribution in [0.1, 0.15) is 25.3 Å². The summed E-state index contributed by atoms with van der Waals surface area (Å²) < 4.78 is 10.6. The molecule has 2 N–H and O–H groups in total. The molecule has 0 radical (unpaired) electrons. The number of benzene rings is 2. The minimum absolute atomic E-state index is 0.459. The number of aryl methyl sites for hydroxylation is 1. The van der Waals surface area contributed by atoms with Crippen LogP contribution < -0.4 is 20.1 Å². The van der Waals surface area contributed by atoms with Gasteiger partial charge in [0.1, 0.15) is 11.5 Å². The van der Waals surface area contributed by atoms with Crippen molar-refractivity contribution in [2.45, 2.75) is 26.2 Å². The Morgan fingerprint density at radius 1 is 1.04 bits per heavy atom. The number of hydrogen-bond donors (Lipinski definition) is 2. The molecule has 2 rings (SSSR count). The summed E-state index contributed by atoms with van der Waals surface area (Å²) in [6.45, 7) is 2.19. The Labute approximate surface area is 159 Å². The van der Waals surface area contributed by atoms with Crippen molar-refractivity contribution < 1.29 is 9.47 Å². The van der Waals surface area contributed by atoms with Crippen LogP contribution in [0.2, 0.25) is 5.02 Å². The molecule has 2 aromatic rings. The van der Waals surface area contributed by atoms with Crippen molar-refractivity contribution in [2.24, 2.45) is 0 Å². The first-order chi connectivity index (χ1) is 12.1. The number of halogens is 1. The van der Waals surface area contributed by atoms with Gasteiger partial charge in [0, 0.05) is 11.8 Å². The molecule has 134 valence electrons. The first kappa shape index (κ1) is 19.3. The van der Waals surface area contributed by atoms with E-state index in [1.165, 1.54) is 18.4 Å². The SMILES string of the molecule is CCCCc1ccc(NC(=S)Nc2cc(Cl)c(OC)cc2OC)cc1. The highest BCUT2D eigenvalue weighted by molar-refractivity contribution is 7.80. The number of methoxy groups -OCH3 is 2. The zero-order valence-electron chi connectivity index (χ0n) is 14.7. The third-order valence-corrected chi connectivity index (χ3v) is 4.25. The van der Waals surface area contributed by atoms with E-state index in [1.807, 2.05) is 12.1 Å². The number of nitrogens with one attached hydrogen (secondary N) is 2. The Hall–Kier alpha value is -1.98. The summed E-state index contributed by atoms with van der Waals surface area (Å²) in [5.74, 6) is 1.14. The van der Waals surface area contributed by atoms with E-state index in [1.54, 1.807) is 26.4 Å². The van der Waals surface area contributed by atoms with Crippen molar-refractivity contribution in [1.82, 2.24) is 0 Å². The Kier molecular flexibility index (Phi) is 7.34. The van der Waals surface area contributed by atoms with Crippen LogP contribution in [0.25, 0.3) is 0 Å². The summed E-state index contributed by atoms with van der Waals surface area (Å²) >= 11 is 11.6. The van der Waals surface area contributed by atoms with E-state index >= 15 is 0 Å². The highest BCUT2D eigenvalue weighted by Gasteiger charge is 2.11. The van der Waals surface area contributed by atoms with Crippen molar-refractivity contribution in [2.75, 3.05) is 24.9 Å². The van der Waals surface area contributed by atoms with Crippen LogP contribution in [0.15, 0.2) is 36.4 Å². The minimum atomic E-state index is 0.459. The van der Waals surface area contributed by atoms with E-state index in [2.05, 4.69) is 29.7 Å². The van der Waals surface area contributed by atoms with Crippen LogP contribution in [-0.4, -0.2) is 19.3 Å². The molecule has 0 spiro atoms.